The second-order valence-electron chi connectivity index (χ2n) is 6.91. The van der Waals surface area contributed by atoms with Gasteiger partial charge < -0.3 is 10.2 Å². The summed E-state index contributed by atoms with van der Waals surface area (Å²) < 4.78 is 0. The van der Waals surface area contributed by atoms with Crippen LogP contribution in [0.25, 0.3) is 0 Å². The maximum absolute atomic E-state index is 4.47. The summed E-state index contributed by atoms with van der Waals surface area (Å²) in [4.78, 5) is 7.22. The van der Waals surface area contributed by atoms with E-state index in [4.69, 9.17) is 0 Å². The molecule has 3 heteroatoms. The van der Waals surface area contributed by atoms with Crippen LogP contribution in [0.15, 0.2) is 24.4 Å². The molecule has 1 N–H and O–H groups in total. The number of likely N-dealkylation sites (tertiary alicyclic amines) is 1. The third-order valence-electron chi connectivity index (χ3n) is 5.43. The lowest BCUT2D eigenvalue weighted by atomic mass is 9.85. The fourth-order valence-electron chi connectivity index (χ4n) is 3.78. The van der Waals surface area contributed by atoms with E-state index in [1.165, 1.54) is 45.2 Å². The molecule has 2 aliphatic rings. The Hall–Kier alpha value is -0.930. The van der Waals surface area contributed by atoms with E-state index in [0.717, 1.165) is 17.7 Å². The van der Waals surface area contributed by atoms with Crippen LogP contribution in [0.1, 0.15) is 57.7 Å². The lowest BCUT2D eigenvalue weighted by Gasteiger charge is -2.44. The lowest BCUT2D eigenvalue weighted by molar-refractivity contribution is 0.0654. The van der Waals surface area contributed by atoms with E-state index in [9.17, 15) is 0 Å². The topological polar surface area (TPSA) is 28.2 Å². The van der Waals surface area contributed by atoms with Crippen LogP contribution in [0, 0.1) is 5.92 Å². The molecule has 1 saturated carbocycles. The molecule has 3 nitrogen and oxygen atoms in total. The smallest absolute Gasteiger partial charge is 0.0570 e. The predicted octanol–water partition coefficient (Wildman–Crippen LogP) is 3.39. The van der Waals surface area contributed by atoms with Gasteiger partial charge in [-0.3, -0.25) is 4.98 Å². The van der Waals surface area contributed by atoms with Crippen LogP contribution in [0.4, 0.5) is 0 Å². The van der Waals surface area contributed by atoms with Crippen molar-refractivity contribution in [3.05, 3.63) is 30.1 Å². The van der Waals surface area contributed by atoms with Gasteiger partial charge in [0.05, 0.1) is 5.69 Å². The molecule has 1 aromatic heterocycles. The Morgan fingerprint density at radius 2 is 2.05 bits per heavy atom. The van der Waals surface area contributed by atoms with Crippen molar-refractivity contribution >= 4 is 0 Å². The molecule has 0 unspecified atom stereocenters. The van der Waals surface area contributed by atoms with Gasteiger partial charge in [-0.25, -0.2) is 0 Å². The fourth-order valence-corrected chi connectivity index (χ4v) is 3.78. The Labute approximate surface area is 129 Å². The summed E-state index contributed by atoms with van der Waals surface area (Å²) in [6.07, 6.45) is 8.92. The number of nitrogens with zero attached hydrogens (tertiary/aromatic N) is 2. The second-order valence-corrected chi connectivity index (χ2v) is 6.91. The van der Waals surface area contributed by atoms with Crippen molar-refractivity contribution < 1.29 is 0 Å². The molecule has 0 bridgehead atoms. The zero-order valence-corrected chi connectivity index (χ0v) is 13.5. The SMILES string of the molecule is C[C@H](N[C@H](C)[C@H]1CCCN(C2CCC2)C1)c1ccccn1. The number of nitrogens with one attached hydrogen (secondary N) is 1. The normalized spacial score (nSPS) is 27.0. The highest BCUT2D eigenvalue weighted by molar-refractivity contribution is 5.08. The summed E-state index contributed by atoms with van der Waals surface area (Å²) >= 11 is 0. The van der Waals surface area contributed by atoms with Crippen molar-refractivity contribution in [3.8, 4) is 0 Å². The van der Waals surface area contributed by atoms with Crippen LogP contribution in [0.5, 0.6) is 0 Å². The number of pyridine rings is 1. The molecular formula is C18H29N3. The summed E-state index contributed by atoms with van der Waals surface area (Å²) in [6, 6.07) is 7.96. The summed E-state index contributed by atoms with van der Waals surface area (Å²) in [5.74, 6) is 0.783. The highest BCUT2D eigenvalue weighted by Gasteiger charge is 2.31. The van der Waals surface area contributed by atoms with Crippen molar-refractivity contribution in [2.24, 2.45) is 5.92 Å². The predicted molar refractivity (Wildman–Crippen MR) is 87.2 cm³/mol. The summed E-state index contributed by atoms with van der Waals surface area (Å²) in [6.45, 7) is 7.19. The highest BCUT2D eigenvalue weighted by atomic mass is 15.2. The van der Waals surface area contributed by atoms with Crippen LogP contribution >= 0.6 is 0 Å². The minimum absolute atomic E-state index is 0.334. The van der Waals surface area contributed by atoms with Crippen LogP contribution < -0.4 is 5.32 Å². The molecule has 1 aromatic rings. The molecular weight excluding hydrogens is 258 g/mol. The average molecular weight is 287 g/mol. The van der Waals surface area contributed by atoms with Gasteiger partial charge in [0, 0.05) is 30.9 Å². The number of aromatic nitrogens is 1. The third kappa shape index (κ3) is 3.64. The first kappa shape index (κ1) is 15.0. The summed E-state index contributed by atoms with van der Waals surface area (Å²) in [7, 11) is 0. The monoisotopic (exact) mass is 287 g/mol. The first-order chi connectivity index (χ1) is 10.2. The molecule has 1 aliphatic carbocycles. The summed E-state index contributed by atoms with van der Waals surface area (Å²) in [5.41, 5.74) is 1.15. The molecule has 0 radical (unpaired) electrons. The maximum Gasteiger partial charge on any atom is 0.0570 e. The average Bonchev–Trinajstić information content (AvgIpc) is 2.46. The molecule has 1 saturated heterocycles. The number of hydrogen-bond donors (Lipinski definition) is 1. The second kappa shape index (κ2) is 6.89. The van der Waals surface area contributed by atoms with Crippen LogP contribution in [-0.2, 0) is 0 Å². The van der Waals surface area contributed by atoms with Gasteiger partial charge in [-0.1, -0.05) is 12.5 Å². The largest absolute Gasteiger partial charge is 0.306 e. The number of hydrogen-bond acceptors (Lipinski definition) is 3. The van der Waals surface area contributed by atoms with Crippen LogP contribution in [0.2, 0.25) is 0 Å². The van der Waals surface area contributed by atoms with Gasteiger partial charge in [-0.15, -0.1) is 0 Å². The summed E-state index contributed by atoms with van der Waals surface area (Å²) in [5, 5.41) is 3.77. The van der Waals surface area contributed by atoms with Crippen molar-refractivity contribution in [2.75, 3.05) is 13.1 Å². The van der Waals surface area contributed by atoms with Crippen molar-refractivity contribution in [1.29, 1.82) is 0 Å². The highest BCUT2D eigenvalue weighted by Crippen LogP contribution is 2.30. The Morgan fingerprint density at radius 1 is 1.19 bits per heavy atom. The van der Waals surface area contributed by atoms with Gasteiger partial charge >= 0.3 is 0 Å². The Morgan fingerprint density at radius 3 is 2.71 bits per heavy atom. The molecule has 116 valence electrons. The van der Waals surface area contributed by atoms with Crippen molar-refractivity contribution in [1.82, 2.24) is 15.2 Å². The van der Waals surface area contributed by atoms with Crippen LogP contribution in [-0.4, -0.2) is 35.1 Å². The Bertz CT molecular complexity index is 429. The zero-order valence-electron chi connectivity index (χ0n) is 13.5. The van der Waals surface area contributed by atoms with Crippen LogP contribution in [0.3, 0.4) is 0 Å². The van der Waals surface area contributed by atoms with Gasteiger partial charge in [-0.2, -0.15) is 0 Å². The molecule has 0 amide bonds. The van der Waals surface area contributed by atoms with Gasteiger partial charge in [0.25, 0.3) is 0 Å². The Balaban J connectivity index is 1.53. The van der Waals surface area contributed by atoms with E-state index in [-0.39, 0.29) is 0 Å². The molecule has 3 rings (SSSR count). The maximum atomic E-state index is 4.47. The van der Waals surface area contributed by atoms with Crippen molar-refractivity contribution in [3.63, 3.8) is 0 Å². The molecule has 0 aromatic carbocycles. The molecule has 3 atom stereocenters. The van der Waals surface area contributed by atoms with Crippen molar-refractivity contribution in [2.45, 2.75) is 64.1 Å². The molecule has 1 aliphatic heterocycles. The third-order valence-corrected chi connectivity index (χ3v) is 5.43. The standard InChI is InChI=1S/C18H29N3/c1-14(20-15(2)18-10-3-4-11-19-18)16-7-6-12-21(13-16)17-8-5-9-17/h3-4,10-11,14-17,20H,5-9,12-13H2,1-2H3/t14-,15+,16+/m1/s1. The van der Waals surface area contributed by atoms with E-state index < -0.39 is 0 Å². The minimum atomic E-state index is 0.334. The van der Waals surface area contributed by atoms with E-state index in [2.05, 4.69) is 41.2 Å². The molecule has 0 spiro atoms. The van der Waals surface area contributed by atoms with Gasteiger partial charge in [0.2, 0.25) is 0 Å². The quantitative estimate of drug-likeness (QED) is 0.900. The van der Waals surface area contributed by atoms with E-state index >= 15 is 0 Å². The minimum Gasteiger partial charge on any atom is -0.306 e. The fraction of sp³-hybridized carbons (Fsp3) is 0.722. The first-order valence-electron chi connectivity index (χ1n) is 8.65. The zero-order chi connectivity index (χ0) is 14.7. The molecule has 2 heterocycles. The Kier molecular flexibility index (Phi) is 4.91. The van der Waals surface area contributed by atoms with Gasteiger partial charge in [0.1, 0.15) is 0 Å². The molecule has 21 heavy (non-hydrogen) atoms. The first-order valence-corrected chi connectivity index (χ1v) is 8.65. The van der Waals surface area contributed by atoms with Gasteiger partial charge in [0.15, 0.2) is 0 Å². The lowest BCUT2D eigenvalue weighted by Crippen LogP contribution is -2.50. The van der Waals surface area contributed by atoms with Gasteiger partial charge in [-0.05, 0) is 64.1 Å². The van der Waals surface area contributed by atoms with E-state index in [0.29, 0.717) is 12.1 Å². The number of rotatable bonds is 5. The number of piperidine rings is 1. The molecule has 2 fully saturated rings. The van der Waals surface area contributed by atoms with E-state index in [1.54, 1.807) is 0 Å². The van der Waals surface area contributed by atoms with E-state index in [1.807, 2.05) is 12.3 Å².